The number of ether oxygens (including phenoxy) is 1. The first-order valence-corrected chi connectivity index (χ1v) is 9.28. The van der Waals surface area contributed by atoms with Crippen LogP contribution in [0, 0.1) is 0 Å². The highest BCUT2D eigenvalue weighted by Crippen LogP contribution is 2.09. The molecule has 0 saturated heterocycles. The molecule has 0 unspecified atom stereocenters. The number of carbonyl (C=O) groups is 2. The maximum atomic E-state index is 12.1. The molecule has 1 aromatic carbocycles. The fourth-order valence-electron chi connectivity index (χ4n) is 2.26. The molecular weight excluding hydrogens is 336 g/mol. The van der Waals surface area contributed by atoms with Crippen LogP contribution in [0.2, 0.25) is 0 Å². The smallest absolute Gasteiger partial charge is 0.261 e. The summed E-state index contributed by atoms with van der Waals surface area (Å²) in [5, 5.41) is 4.70. The quantitative estimate of drug-likeness (QED) is 0.662. The van der Waals surface area contributed by atoms with Gasteiger partial charge in [-0.25, -0.2) is 0 Å². The van der Waals surface area contributed by atoms with Gasteiger partial charge in [-0.05, 0) is 36.4 Å². The number of carbonyl (C=O) groups excluding carboxylic acids is 2. The van der Waals surface area contributed by atoms with Crippen LogP contribution in [0.1, 0.15) is 28.9 Å². The van der Waals surface area contributed by atoms with Crippen LogP contribution in [-0.2, 0) is 4.79 Å². The monoisotopic (exact) mass is 360 g/mol. The van der Waals surface area contributed by atoms with Crippen LogP contribution < -0.4 is 10.1 Å². The van der Waals surface area contributed by atoms with Gasteiger partial charge in [0.05, 0.1) is 11.5 Å². The van der Waals surface area contributed by atoms with Crippen molar-refractivity contribution in [2.45, 2.75) is 19.3 Å². The SMILES string of the molecule is CN(CCCOc1ccccc1)C(=O)CCCNC(=O)c1cccs1. The molecule has 2 aromatic rings. The van der Waals surface area contributed by atoms with Crippen LogP contribution in [0.25, 0.3) is 0 Å². The normalized spacial score (nSPS) is 10.3. The van der Waals surface area contributed by atoms with Crippen molar-refractivity contribution in [3.63, 3.8) is 0 Å². The molecule has 0 atom stereocenters. The van der Waals surface area contributed by atoms with Gasteiger partial charge >= 0.3 is 0 Å². The van der Waals surface area contributed by atoms with Crippen molar-refractivity contribution >= 4 is 23.2 Å². The molecule has 0 aliphatic carbocycles. The van der Waals surface area contributed by atoms with Crippen LogP contribution in [0.5, 0.6) is 5.75 Å². The molecule has 1 N–H and O–H groups in total. The van der Waals surface area contributed by atoms with E-state index in [4.69, 9.17) is 4.74 Å². The van der Waals surface area contributed by atoms with Gasteiger partial charge in [-0.1, -0.05) is 24.3 Å². The van der Waals surface area contributed by atoms with E-state index in [9.17, 15) is 9.59 Å². The van der Waals surface area contributed by atoms with Crippen molar-refractivity contribution in [2.75, 3.05) is 26.7 Å². The molecule has 25 heavy (non-hydrogen) atoms. The lowest BCUT2D eigenvalue weighted by molar-refractivity contribution is -0.130. The molecule has 0 aliphatic rings. The second-order valence-corrected chi connectivity index (χ2v) is 6.61. The third-order valence-electron chi connectivity index (χ3n) is 3.67. The Labute approximate surface area is 152 Å². The molecule has 0 radical (unpaired) electrons. The molecule has 0 spiro atoms. The minimum atomic E-state index is -0.0751. The Balaban J connectivity index is 1.53. The number of amides is 2. The molecule has 0 aliphatic heterocycles. The molecular formula is C19H24N2O3S. The minimum Gasteiger partial charge on any atom is -0.494 e. The molecule has 6 heteroatoms. The summed E-state index contributed by atoms with van der Waals surface area (Å²) in [5.41, 5.74) is 0. The largest absolute Gasteiger partial charge is 0.494 e. The van der Waals surface area contributed by atoms with Crippen LogP contribution in [0.4, 0.5) is 0 Å². The van der Waals surface area contributed by atoms with E-state index in [1.807, 2.05) is 41.8 Å². The average Bonchev–Trinajstić information content (AvgIpc) is 3.17. The fraction of sp³-hybridized carbons (Fsp3) is 0.368. The molecule has 0 saturated carbocycles. The molecule has 2 rings (SSSR count). The molecule has 2 amide bonds. The molecule has 0 fully saturated rings. The highest BCUT2D eigenvalue weighted by atomic mass is 32.1. The zero-order valence-electron chi connectivity index (χ0n) is 14.4. The molecule has 1 heterocycles. The van der Waals surface area contributed by atoms with Crippen molar-refractivity contribution in [3.8, 4) is 5.75 Å². The van der Waals surface area contributed by atoms with Gasteiger partial charge in [0.25, 0.3) is 5.91 Å². The number of nitrogens with zero attached hydrogens (tertiary/aromatic N) is 1. The molecule has 134 valence electrons. The number of para-hydroxylation sites is 1. The number of benzene rings is 1. The Kier molecular flexibility index (Phi) is 7.98. The average molecular weight is 360 g/mol. The number of nitrogens with one attached hydrogen (secondary N) is 1. The first-order chi connectivity index (χ1) is 12.2. The lowest BCUT2D eigenvalue weighted by Gasteiger charge is -2.17. The second-order valence-electron chi connectivity index (χ2n) is 5.67. The van der Waals surface area contributed by atoms with Crippen molar-refractivity contribution in [2.24, 2.45) is 0 Å². The summed E-state index contributed by atoms with van der Waals surface area (Å²) in [4.78, 5) is 26.2. The van der Waals surface area contributed by atoms with E-state index in [-0.39, 0.29) is 11.8 Å². The van der Waals surface area contributed by atoms with Crippen LogP contribution >= 0.6 is 11.3 Å². The van der Waals surface area contributed by atoms with Gasteiger partial charge < -0.3 is 15.0 Å². The predicted molar refractivity (Wildman–Crippen MR) is 100 cm³/mol. The highest BCUT2D eigenvalue weighted by molar-refractivity contribution is 7.12. The maximum Gasteiger partial charge on any atom is 0.261 e. The van der Waals surface area contributed by atoms with Gasteiger partial charge in [-0.2, -0.15) is 0 Å². The van der Waals surface area contributed by atoms with E-state index in [2.05, 4.69) is 5.32 Å². The van der Waals surface area contributed by atoms with E-state index in [0.29, 0.717) is 37.4 Å². The van der Waals surface area contributed by atoms with Gasteiger partial charge in [-0.3, -0.25) is 9.59 Å². The molecule has 5 nitrogen and oxygen atoms in total. The minimum absolute atomic E-state index is 0.0751. The Morgan fingerprint density at radius 1 is 1.12 bits per heavy atom. The summed E-state index contributed by atoms with van der Waals surface area (Å²) in [6.07, 6.45) is 1.85. The van der Waals surface area contributed by atoms with Crippen LogP contribution in [0.15, 0.2) is 47.8 Å². The zero-order valence-corrected chi connectivity index (χ0v) is 15.3. The van der Waals surface area contributed by atoms with Crippen LogP contribution in [-0.4, -0.2) is 43.5 Å². The first-order valence-electron chi connectivity index (χ1n) is 8.40. The fourth-order valence-corrected chi connectivity index (χ4v) is 2.90. The molecule has 1 aromatic heterocycles. The maximum absolute atomic E-state index is 12.1. The third kappa shape index (κ3) is 6.97. The Bertz CT molecular complexity index is 644. The predicted octanol–water partition coefficient (Wildman–Crippen LogP) is 3.19. The molecule has 0 bridgehead atoms. The summed E-state index contributed by atoms with van der Waals surface area (Å²) in [7, 11) is 1.80. The van der Waals surface area contributed by atoms with Crippen molar-refractivity contribution in [1.29, 1.82) is 0 Å². The standard InChI is InChI=1S/C19H24N2O3S/c1-21(13-7-14-24-16-8-3-2-4-9-16)18(22)11-5-12-20-19(23)17-10-6-15-25-17/h2-4,6,8-10,15H,5,7,11-14H2,1H3,(H,20,23). The van der Waals surface area contributed by atoms with Crippen LogP contribution in [0.3, 0.4) is 0 Å². The van der Waals surface area contributed by atoms with Crippen molar-refractivity contribution in [3.05, 3.63) is 52.7 Å². The highest BCUT2D eigenvalue weighted by Gasteiger charge is 2.09. The van der Waals surface area contributed by atoms with E-state index in [0.717, 1.165) is 12.2 Å². The summed E-state index contributed by atoms with van der Waals surface area (Å²) < 4.78 is 5.61. The van der Waals surface area contributed by atoms with Gasteiger partial charge in [0.15, 0.2) is 0 Å². The Morgan fingerprint density at radius 2 is 1.92 bits per heavy atom. The van der Waals surface area contributed by atoms with E-state index >= 15 is 0 Å². The topological polar surface area (TPSA) is 58.6 Å². The Hall–Kier alpha value is -2.34. The zero-order chi connectivity index (χ0) is 17.9. The summed E-state index contributed by atoms with van der Waals surface area (Å²) in [5.74, 6) is 0.858. The number of rotatable bonds is 10. The van der Waals surface area contributed by atoms with E-state index in [1.165, 1.54) is 11.3 Å². The van der Waals surface area contributed by atoms with Crippen molar-refractivity contribution in [1.82, 2.24) is 10.2 Å². The summed E-state index contributed by atoms with van der Waals surface area (Å²) in [6.45, 7) is 1.75. The number of thiophene rings is 1. The van der Waals surface area contributed by atoms with E-state index < -0.39 is 0 Å². The Morgan fingerprint density at radius 3 is 2.64 bits per heavy atom. The van der Waals surface area contributed by atoms with Gasteiger partial charge in [0.1, 0.15) is 5.75 Å². The third-order valence-corrected chi connectivity index (χ3v) is 4.54. The lowest BCUT2D eigenvalue weighted by Crippen LogP contribution is -2.30. The van der Waals surface area contributed by atoms with Gasteiger partial charge in [0.2, 0.25) is 5.91 Å². The van der Waals surface area contributed by atoms with E-state index in [1.54, 1.807) is 18.0 Å². The number of hydrogen-bond acceptors (Lipinski definition) is 4. The lowest BCUT2D eigenvalue weighted by atomic mass is 10.2. The first kappa shape index (κ1) is 19.0. The van der Waals surface area contributed by atoms with Gasteiger partial charge in [0, 0.05) is 26.6 Å². The number of hydrogen-bond donors (Lipinski definition) is 1. The summed E-state index contributed by atoms with van der Waals surface area (Å²) in [6, 6.07) is 13.3. The summed E-state index contributed by atoms with van der Waals surface area (Å²) >= 11 is 1.41. The second kappa shape index (κ2) is 10.5. The van der Waals surface area contributed by atoms with Gasteiger partial charge in [-0.15, -0.1) is 11.3 Å². The van der Waals surface area contributed by atoms with Crippen molar-refractivity contribution < 1.29 is 14.3 Å².